The van der Waals surface area contributed by atoms with Crippen LogP contribution in [0, 0.1) is 0 Å². The Morgan fingerprint density at radius 2 is 2.35 bits per heavy atom. The summed E-state index contributed by atoms with van der Waals surface area (Å²) in [6.07, 6.45) is 6.17. The zero-order chi connectivity index (χ0) is 12.1. The van der Waals surface area contributed by atoms with Gasteiger partial charge in [0.15, 0.2) is 0 Å². The van der Waals surface area contributed by atoms with Gasteiger partial charge in [-0.3, -0.25) is 4.79 Å². The van der Waals surface area contributed by atoms with Crippen molar-refractivity contribution in [2.75, 3.05) is 19.6 Å². The molecular weight excluding hydrogens is 216 g/mol. The van der Waals surface area contributed by atoms with E-state index in [4.69, 9.17) is 0 Å². The molecule has 0 unspecified atom stereocenters. The van der Waals surface area contributed by atoms with E-state index >= 15 is 0 Å². The average Bonchev–Trinajstić information content (AvgIpc) is 2.78. The van der Waals surface area contributed by atoms with E-state index < -0.39 is 0 Å². The van der Waals surface area contributed by atoms with E-state index in [1.807, 2.05) is 12.5 Å². The number of nitrogens with one attached hydrogen (secondary N) is 2. The lowest BCUT2D eigenvalue weighted by atomic mass is 9.95. The molecule has 5 heteroatoms. The number of rotatable bonds is 4. The molecular formula is C12H20N4O. The number of hydrogen-bond acceptors (Lipinski definition) is 3. The van der Waals surface area contributed by atoms with E-state index in [1.54, 1.807) is 6.92 Å². The van der Waals surface area contributed by atoms with Crippen molar-refractivity contribution in [2.45, 2.75) is 32.2 Å². The first-order valence-electron chi connectivity index (χ1n) is 6.22. The quantitative estimate of drug-likeness (QED) is 0.799. The maximum atomic E-state index is 10.8. The number of carbonyl (C=O) groups excluding carboxylic acids is 1. The summed E-state index contributed by atoms with van der Waals surface area (Å²) in [5, 5.41) is 6.18. The monoisotopic (exact) mass is 236 g/mol. The summed E-state index contributed by atoms with van der Waals surface area (Å²) >= 11 is 0. The van der Waals surface area contributed by atoms with Gasteiger partial charge in [0.1, 0.15) is 0 Å². The highest BCUT2D eigenvalue weighted by Gasteiger charge is 2.18. The first-order valence-corrected chi connectivity index (χ1v) is 6.22. The molecule has 0 saturated carbocycles. The van der Waals surface area contributed by atoms with Gasteiger partial charge in [-0.25, -0.2) is 4.98 Å². The van der Waals surface area contributed by atoms with Gasteiger partial charge in [-0.05, 0) is 25.9 Å². The van der Waals surface area contributed by atoms with Crippen LogP contribution < -0.4 is 10.6 Å². The van der Waals surface area contributed by atoms with E-state index in [-0.39, 0.29) is 5.91 Å². The molecule has 0 bridgehead atoms. The molecule has 0 aromatic carbocycles. The van der Waals surface area contributed by atoms with Crippen LogP contribution in [0.4, 0.5) is 0 Å². The summed E-state index contributed by atoms with van der Waals surface area (Å²) in [4.78, 5) is 15.0. The van der Waals surface area contributed by atoms with E-state index in [2.05, 4.69) is 20.2 Å². The Hall–Kier alpha value is -1.36. The molecule has 2 rings (SSSR count). The molecule has 0 spiro atoms. The van der Waals surface area contributed by atoms with Gasteiger partial charge >= 0.3 is 0 Å². The van der Waals surface area contributed by atoms with Gasteiger partial charge in [-0.15, -0.1) is 0 Å². The molecule has 1 amide bonds. The number of nitrogens with zero attached hydrogens (tertiary/aromatic N) is 2. The summed E-state index contributed by atoms with van der Waals surface area (Å²) in [5.41, 5.74) is 1.30. The lowest BCUT2D eigenvalue weighted by Crippen LogP contribution is -2.29. The van der Waals surface area contributed by atoms with Crippen LogP contribution in [0.25, 0.3) is 0 Å². The van der Waals surface area contributed by atoms with Crippen LogP contribution >= 0.6 is 0 Å². The zero-order valence-corrected chi connectivity index (χ0v) is 10.3. The van der Waals surface area contributed by atoms with Gasteiger partial charge in [0.05, 0.1) is 6.33 Å². The number of carbonyl (C=O) groups is 1. The zero-order valence-electron chi connectivity index (χ0n) is 10.3. The predicted molar refractivity (Wildman–Crippen MR) is 65.8 cm³/mol. The van der Waals surface area contributed by atoms with E-state index in [9.17, 15) is 4.79 Å². The van der Waals surface area contributed by atoms with Gasteiger partial charge in [0.25, 0.3) is 0 Å². The van der Waals surface area contributed by atoms with Gasteiger partial charge in [0, 0.05) is 37.8 Å². The molecule has 1 aliphatic heterocycles. The number of amides is 1. The van der Waals surface area contributed by atoms with Gasteiger partial charge in [-0.2, -0.15) is 0 Å². The molecule has 0 atom stereocenters. The Bertz CT molecular complexity index is 368. The Balaban J connectivity index is 1.93. The second-order valence-corrected chi connectivity index (χ2v) is 4.52. The Morgan fingerprint density at radius 1 is 1.59 bits per heavy atom. The highest BCUT2D eigenvalue weighted by molar-refractivity contribution is 5.72. The Morgan fingerprint density at radius 3 is 3.06 bits per heavy atom. The minimum absolute atomic E-state index is 0.0218. The molecule has 0 aliphatic carbocycles. The van der Waals surface area contributed by atoms with Crippen molar-refractivity contribution in [3.8, 4) is 0 Å². The fourth-order valence-corrected chi connectivity index (χ4v) is 2.33. The van der Waals surface area contributed by atoms with E-state index in [0.717, 1.165) is 19.6 Å². The van der Waals surface area contributed by atoms with Crippen LogP contribution in [0.5, 0.6) is 0 Å². The summed E-state index contributed by atoms with van der Waals surface area (Å²) in [6, 6.07) is 0. The van der Waals surface area contributed by atoms with E-state index in [1.165, 1.54) is 18.5 Å². The van der Waals surface area contributed by atoms with Gasteiger partial charge in [-0.1, -0.05) is 0 Å². The smallest absolute Gasteiger partial charge is 0.216 e. The molecule has 1 fully saturated rings. The van der Waals surface area contributed by atoms with Gasteiger partial charge in [0.2, 0.25) is 5.91 Å². The molecule has 5 nitrogen and oxygen atoms in total. The molecule has 2 N–H and O–H groups in total. The standard InChI is InChI=1S/C12H20N4O/c1-10(17)15-6-7-16-9-14-8-12(16)11-2-4-13-5-3-11/h8-9,11,13H,2-7H2,1H3,(H,15,17). The van der Waals surface area contributed by atoms with Crippen molar-refractivity contribution in [3.05, 3.63) is 18.2 Å². The summed E-state index contributed by atoms with van der Waals surface area (Å²) in [7, 11) is 0. The minimum atomic E-state index is 0.0218. The topological polar surface area (TPSA) is 59.0 Å². The van der Waals surface area contributed by atoms with E-state index in [0.29, 0.717) is 12.5 Å². The third-order valence-corrected chi connectivity index (χ3v) is 3.23. The average molecular weight is 236 g/mol. The first kappa shape index (κ1) is 12.1. The maximum Gasteiger partial charge on any atom is 0.216 e. The van der Waals surface area contributed by atoms with Crippen molar-refractivity contribution in [1.29, 1.82) is 0 Å². The molecule has 1 saturated heterocycles. The van der Waals surface area contributed by atoms with Crippen molar-refractivity contribution in [2.24, 2.45) is 0 Å². The van der Waals surface area contributed by atoms with Crippen LogP contribution in [-0.2, 0) is 11.3 Å². The Kier molecular flexibility index (Phi) is 4.14. The number of hydrogen-bond donors (Lipinski definition) is 2. The fraction of sp³-hybridized carbons (Fsp3) is 0.667. The number of imidazole rings is 1. The molecule has 94 valence electrons. The van der Waals surface area contributed by atoms with Crippen LogP contribution in [-0.4, -0.2) is 35.1 Å². The predicted octanol–water partition coefficient (Wildman–Crippen LogP) is 0.486. The van der Waals surface area contributed by atoms with Crippen molar-refractivity contribution >= 4 is 5.91 Å². The summed E-state index contributed by atoms with van der Waals surface area (Å²) in [6.45, 7) is 5.19. The second-order valence-electron chi connectivity index (χ2n) is 4.52. The minimum Gasteiger partial charge on any atom is -0.355 e. The van der Waals surface area contributed by atoms with Crippen LogP contribution in [0.2, 0.25) is 0 Å². The highest BCUT2D eigenvalue weighted by atomic mass is 16.1. The van der Waals surface area contributed by atoms with Crippen LogP contribution in [0.3, 0.4) is 0 Å². The molecule has 2 heterocycles. The third-order valence-electron chi connectivity index (χ3n) is 3.23. The van der Waals surface area contributed by atoms with Crippen molar-refractivity contribution < 1.29 is 4.79 Å². The lowest BCUT2D eigenvalue weighted by Gasteiger charge is -2.23. The maximum absolute atomic E-state index is 10.8. The van der Waals surface area contributed by atoms with Gasteiger partial charge < -0.3 is 15.2 Å². The summed E-state index contributed by atoms with van der Waals surface area (Å²) in [5.74, 6) is 0.629. The van der Waals surface area contributed by atoms with Crippen molar-refractivity contribution in [3.63, 3.8) is 0 Å². The second kappa shape index (κ2) is 5.82. The summed E-state index contributed by atoms with van der Waals surface area (Å²) < 4.78 is 2.16. The first-order chi connectivity index (χ1) is 8.27. The highest BCUT2D eigenvalue weighted by Crippen LogP contribution is 2.24. The molecule has 1 aromatic heterocycles. The molecule has 17 heavy (non-hydrogen) atoms. The van der Waals surface area contributed by atoms with Crippen molar-refractivity contribution in [1.82, 2.24) is 20.2 Å². The third kappa shape index (κ3) is 3.30. The lowest BCUT2D eigenvalue weighted by molar-refractivity contribution is -0.118. The van der Waals surface area contributed by atoms with Crippen LogP contribution in [0.1, 0.15) is 31.4 Å². The Labute approximate surface area is 102 Å². The SMILES string of the molecule is CC(=O)NCCn1cncc1C1CCNCC1. The number of aromatic nitrogens is 2. The largest absolute Gasteiger partial charge is 0.355 e. The normalized spacial score (nSPS) is 17.0. The number of piperidine rings is 1. The molecule has 1 aromatic rings. The van der Waals surface area contributed by atoms with Crippen LogP contribution in [0.15, 0.2) is 12.5 Å². The molecule has 1 aliphatic rings. The molecule has 0 radical (unpaired) electrons. The fourth-order valence-electron chi connectivity index (χ4n) is 2.33.